The Balaban J connectivity index is 2.05. The standard InChI is InChI=1S/C12H19N5O2/c1-3-9-10(13)11(16-15-9)12(19)17-5-4-8(6-17)14-7(2)18/h8H,3-6,13H2,1-2H3,(H,14,18)(H,15,16). The minimum absolute atomic E-state index is 0.0206. The SMILES string of the molecule is CCc1[nH]nc(C(=O)N2CCC(NC(C)=O)C2)c1N. The second-order valence-electron chi connectivity index (χ2n) is 4.76. The van der Waals surface area contributed by atoms with Crippen molar-refractivity contribution in [2.24, 2.45) is 0 Å². The average Bonchev–Trinajstić information content (AvgIpc) is 2.94. The van der Waals surface area contributed by atoms with Crippen LogP contribution in [0.5, 0.6) is 0 Å². The number of H-pyrrole nitrogens is 1. The molecule has 1 fully saturated rings. The summed E-state index contributed by atoms with van der Waals surface area (Å²) >= 11 is 0. The van der Waals surface area contributed by atoms with Gasteiger partial charge in [-0.15, -0.1) is 0 Å². The maximum atomic E-state index is 12.3. The zero-order valence-electron chi connectivity index (χ0n) is 11.2. The highest BCUT2D eigenvalue weighted by atomic mass is 16.2. The molecule has 1 unspecified atom stereocenters. The van der Waals surface area contributed by atoms with E-state index in [1.165, 1.54) is 6.92 Å². The van der Waals surface area contributed by atoms with E-state index in [2.05, 4.69) is 15.5 Å². The molecule has 0 spiro atoms. The molecule has 2 amide bonds. The molecule has 19 heavy (non-hydrogen) atoms. The van der Waals surface area contributed by atoms with E-state index in [4.69, 9.17) is 5.73 Å². The van der Waals surface area contributed by atoms with Gasteiger partial charge in [0.05, 0.1) is 11.4 Å². The molecule has 1 aromatic rings. The van der Waals surface area contributed by atoms with E-state index in [1.54, 1.807) is 4.90 Å². The summed E-state index contributed by atoms with van der Waals surface area (Å²) in [5.41, 5.74) is 7.37. The first-order chi connectivity index (χ1) is 9.02. The lowest BCUT2D eigenvalue weighted by atomic mass is 10.2. The Hall–Kier alpha value is -2.05. The number of anilines is 1. The van der Waals surface area contributed by atoms with Crippen LogP contribution < -0.4 is 11.1 Å². The zero-order chi connectivity index (χ0) is 14.0. The molecule has 0 aromatic carbocycles. The largest absolute Gasteiger partial charge is 0.395 e. The highest BCUT2D eigenvalue weighted by Gasteiger charge is 2.30. The first kappa shape index (κ1) is 13.4. The molecule has 1 saturated heterocycles. The van der Waals surface area contributed by atoms with E-state index < -0.39 is 0 Å². The van der Waals surface area contributed by atoms with Gasteiger partial charge in [-0.05, 0) is 12.8 Å². The second kappa shape index (κ2) is 5.29. The summed E-state index contributed by atoms with van der Waals surface area (Å²) in [6, 6.07) is 0.0206. The van der Waals surface area contributed by atoms with Crippen LogP contribution in [0.3, 0.4) is 0 Å². The van der Waals surface area contributed by atoms with Crippen LogP contribution in [0.25, 0.3) is 0 Å². The van der Waals surface area contributed by atoms with Crippen molar-refractivity contribution in [1.29, 1.82) is 0 Å². The number of hydrogen-bond acceptors (Lipinski definition) is 4. The molecule has 0 aliphatic carbocycles. The predicted molar refractivity (Wildman–Crippen MR) is 70.5 cm³/mol. The van der Waals surface area contributed by atoms with E-state index >= 15 is 0 Å². The number of nitrogens with one attached hydrogen (secondary N) is 2. The number of aryl methyl sites for hydroxylation is 1. The number of aromatic amines is 1. The lowest BCUT2D eigenvalue weighted by Gasteiger charge is -2.15. The van der Waals surface area contributed by atoms with Gasteiger partial charge in [-0.2, -0.15) is 5.10 Å². The minimum atomic E-state index is -0.179. The maximum Gasteiger partial charge on any atom is 0.276 e. The van der Waals surface area contributed by atoms with E-state index in [-0.39, 0.29) is 23.6 Å². The number of nitrogen functional groups attached to an aromatic ring is 1. The number of carbonyl (C=O) groups is 2. The van der Waals surface area contributed by atoms with Gasteiger partial charge in [0.25, 0.3) is 5.91 Å². The van der Waals surface area contributed by atoms with Gasteiger partial charge in [-0.25, -0.2) is 0 Å². The van der Waals surface area contributed by atoms with Gasteiger partial charge in [0, 0.05) is 26.1 Å². The summed E-state index contributed by atoms with van der Waals surface area (Å²) in [7, 11) is 0. The molecule has 7 nitrogen and oxygen atoms in total. The molecule has 0 saturated carbocycles. The van der Waals surface area contributed by atoms with Crippen LogP contribution >= 0.6 is 0 Å². The van der Waals surface area contributed by atoms with Crippen molar-refractivity contribution >= 4 is 17.5 Å². The first-order valence-electron chi connectivity index (χ1n) is 6.42. The Morgan fingerprint density at radius 3 is 2.89 bits per heavy atom. The smallest absolute Gasteiger partial charge is 0.276 e. The molecule has 1 aliphatic rings. The van der Waals surface area contributed by atoms with Gasteiger partial charge in [-0.1, -0.05) is 6.92 Å². The molecule has 4 N–H and O–H groups in total. The topological polar surface area (TPSA) is 104 Å². The highest BCUT2D eigenvalue weighted by Crippen LogP contribution is 2.19. The molecule has 1 aliphatic heterocycles. The molecule has 7 heteroatoms. The third kappa shape index (κ3) is 2.69. The van der Waals surface area contributed by atoms with Gasteiger partial charge in [-0.3, -0.25) is 14.7 Å². The lowest BCUT2D eigenvalue weighted by molar-refractivity contribution is -0.119. The van der Waals surface area contributed by atoms with Crippen LogP contribution in [0.1, 0.15) is 36.5 Å². The molecule has 2 rings (SSSR count). The van der Waals surface area contributed by atoms with E-state index in [9.17, 15) is 9.59 Å². The van der Waals surface area contributed by atoms with Crippen LogP contribution in [-0.4, -0.2) is 46.0 Å². The van der Waals surface area contributed by atoms with Crippen LogP contribution in [0.2, 0.25) is 0 Å². The number of rotatable bonds is 3. The van der Waals surface area contributed by atoms with Crippen molar-refractivity contribution in [3.8, 4) is 0 Å². The van der Waals surface area contributed by atoms with Gasteiger partial charge >= 0.3 is 0 Å². The first-order valence-corrected chi connectivity index (χ1v) is 6.42. The van der Waals surface area contributed by atoms with E-state index in [1.807, 2.05) is 6.92 Å². The fraction of sp³-hybridized carbons (Fsp3) is 0.583. The van der Waals surface area contributed by atoms with Gasteiger partial charge < -0.3 is 16.0 Å². The number of aromatic nitrogens is 2. The maximum absolute atomic E-state index is 12.3. The minimum Gasteiger partial charge on any atom is -0.395 e. The van der Waals surface area contributed by atoms with Crippen molar-refractivity contribution in [1.82, 2.24) is 20.4 Å². The number of carbonyl (C=O) groups excluding carboxylic acids is 2. The quantitative estimate of drug-likeness (QED) is 0.710. The molecule has 2 heterocycles. The Labute approximate surface area is 111 Å². The third-order valence-electron chi connectivity index (χ3n) is 3.32. The zero-order valence-corrected chi connectivity index (χ0v) is 11.2. The number of likely N-dealkylation sites (tertiary alicyclic amines) is 1. The Morgan fingerprint density at radius 2 is 2.32 bits per heavy atom. The van der Waals surface area contributed by atoms with Crippen LogP contribution in [-0.2, 0) is 11.2 Å². The average molecular weight is 265 g/mol. The van der Waals surface area contributed by atoms with Gasteiger partial charge in [0.15, 0.2) is 5.69 Å². The second-order valence-corrected chi connectivity index (χ2v) is 4.76. The van der Waals surface area contributed by atoms with Gasteiger partial charge in [0.2, 0.25) is 5.91 Å². The van der Waals surface area contributed by atoms with Crippen molar-refractivity contribution in [3.63, 3.8) is 0 Å². The monoisotopic (exact) mass is 265 g/mol. The number of amides is 2. The summed E-state index contributed by atoms with van der Waals surface area (Å²) < 4.78 is 0. The Morgan fingerprint density at radius 1 is 1.58 bits per heavy atom. The van der Waals surface area contributed by atoms with E-state index in [0.717, 1.165) is 12.1 Å². The lowest BCUT2D eigenvalue weighted by Crippen LogP contribution is -2.37. The Bertz CT molecular complexity index is 496. The van der Waals surface area contributed by atoms with E-state index in [0.29, 0.717) is 25.2 Å². The summed E-state index contributed by atoms with van der Waals surface area (Å²) in [6.07, 6.45) is 1.47. The molecule has 1 atom stereocenters. The van der Waals surface area contributed by atoms with Crippen molar-refractivity contribution in [2.45, 2.75) is 32.7 Å². The molecular weight excluding hydrogens is 246 g/mol. The summed E-state index contributed by atoms with van der Waals surface area (Å²) in [6.45, 7) is 4.54. The van der Waals surface area contributed by atoms with Gasteiger partial charge in [0.1, 0.15) is 0 Å². The predicted octanol–water partition coefficient (Wildman–Crippen LogP) is -0.0951. The highest BCUT2D eigenvalue weighted by molar-refractivity contribution is 5.97. The Kier molecular flexibility index (Phi) is 3.73. The molecular formula is C12H19N5O2. The molecule has 0 radical (unpaired) electrons. The fourth-order valence-electron chi connectivity index (χ4n) is 2.32. The number of nitrogens with two attached hydrogens (primary N) is 1. The van der Waals surface area contributed by atoms with Crippen molar-refractivity contribution < 1.29 is 9.59 Å². The normalized spacial score (nSPS) is 18.6. The summed E-state index contributed by atoms with van der Waals surface area (Å²) in [4.78, 5) is 24.9. The van der Waals surface area contributed by atoms with Crippen LogP contribution in [0, 0.1) is 0 Å². The summed E-state index contributed by atoms with van der Waals surface area (Å²) in [5, 5.41) is 9.58. The molecule has 0 bridgehead atoms. The molecule has 1 aromatic heterocycles. The van der Waals surface area contributed by atoms with Crippen LogP contribution in [0.15, 0.2) is 0 Å². The third-order valence-corrected chi connectivity index (χ3v) is 3.32. The molecule has 104 valence electrons. The number of hydrogen-bond donors (Lipinski definition) is 3. The van der Waals surface area contributed by atoms with Crippen LogP contribution in [0.4, 0.5) is 5.69 Å². The summed E-state index contributed by atoms with van der Waals surface area (Å²) in [5.74, 6) is -0.256. The number of nitrogens with zero attached hydrogens (tertiary/aromatic N) is 2. The van der Waals surface area contributed by atoms with Crippen molar-refractivity contribution in [2.75, 3.05) is 18.8 Å². The van der Waals surface area contributed by atoms with Crippen molar-refractivity contribution in [3.05, 3.63) is 11.4 Å². The fourth-order valence-corrected chi connectivity index (χ4v) is 2.32.